The highest BCUT2D eigenvalue weighted by Gasteiger charge is 2.31. The van der Waals surface area contributed by atoms with Crippen LogP contribution in [-0.2, 0) is 12.8 Å². The number of ether oxygens (including phenoxy) is 1. The van der Waals surface area contributed by atoms with Crippen molar-refractivity contribution in [2.24, 2.45) is 5.92 Å². The van der Waals surface area contributed by atoms with E-state index in [1.165, 1.54) is 23.8 Å². The molecule has 0 spiro atoms. The zero-order valence-electron chi connectivity index (χ0n) is 18.5. The molecule has 3 aromatic rings. The van der Waals surface area contributed by atoms with Crippen LogP contribution in [-0.4, -0.2) is 45.3 Å². The highest BCUT2D eigenvalue weighted by Crippen LogP contribution is 2.33. The lowest BCUT2D eigenvalue weighted by molar-refractivity contribution is -0.274. The fourth-order valence-corrected chi connectivity index (χ4v) is 4.94. The molecule has 33 heavy (non-hydrogen) atoms. The minimum Gasteiger partial charge on any atom is -0.406 e. The summed E-state index contributed by atoms with van der Waals surface area (Å²) >= 11 is 0. The van der Waals surface area contributed by atoms with Gasteiger partial charge in [0.05, 0.1) is 0 Å². The van der Waals surface area contributed by atoms with E-state index in [0.717, 1.165) is 63.0 Å². The smallest absolute Gasteiger partial charge is 0.406 e. The Morgan fingerprint density at radius 3 is 2.64 bits per heavy atom. The molecule has 7 nitrogen and oxygen atoms in total. The summed E-state index contributed by atoms with van der Waals surface area (Å²) in [6.45, 7) is 4.24. The number of nitrogens with zero attached hydrogens (tertiary/aromatic N) is 4. The Labute approximate surface area is 189 Å². The first-order valence-electron chi connectivity index (χ1n) is 11.5. The summed E-state index contributed by atoms with van der Waals surface area (Å²) in [6, 6.07) is 6.03. The molecular weight excluding hydrogens is 433 g/mol. The number of rotatable bonds is 5. The number of aryl methyl sites for hydroxylation is 1. The van der Waals surface area contributed by atoms with E-state index in [-0.39, 0.29) is 11.8 Å². The monoisotopic (exact) mass is 460 g/mol. The molecule has 0 amide bonds. The third kappa shape index (κ3) is 4.62. The maximum atomic E-state index is 12.7. The molecule has 1 saturated heterocycles. The molecule has 1 aromatic carbocycles. The van der Waals surface area contributed by atoms with Gasteiger partial charge in [-0.3, -0.25) is 0 Å². The largest absolute Gasteiger partial charge is 0.573 e. The van der Waals surface area contributed by atoms with Crippen LogP contribution >= 0.6 is 0 Å². The molecule has 3 heterocycles. The van der Waals surface area contributed by atoms with Gasteiger partial charge in [-0.05, 0) is 76.6 Å². The summed E-state index contributed by atoms with van der Waals surface area (Å²) in [4.78, 5) is 0. The molecule has 0 saturated carbocycles. The van der Waals surface area contributed by atoms with Crippen molar-refractivity contribution < 1.29 is 17.9 Å². The second kappa shape index (κ2) is 8.81. The third-order valence-corrected chi connectivity index (χ3v) is 6.65. The van der Waals surface area contributed by atoms with Gasteiger partial charge in [0.1, 0.15) is 5.75 Å². The fourth-order valence-electron chi connectivity index (χ4n) is 4.94. The van der Waals surface area contributed by atoms with E-state index in [4.69, 9.17) is 5.10 Å². The van der Waals surface area contributed by atoms with Crippen molar-refractivity contribution in [3.63, 3.8) is 0 Å². The van der Waals surface area contributed by atoms with Crippen LogP contribution in [0.5, 0.6) is 5.75 Å². The predicted octanol–water partition coefficient (Wildman–Crippen LogP) is 4.37. The van der Waals surface area contributed by atoms with E-state index >= 15 is 0 Å². The molecule has 10 heteroatoms. The molecule has 176 valence electrons. The zero-order chi connectivity index (χ0) is 23.0. The lowest BCUT2D eigenvalue weighted by Gasteiger charge is -2.30. The summed E-state index contributed by atoms with van der Waals surface area (Å²) in [5.41, 5.74) is 3.44. The minimum atomic E-state index is -4.76. The van der Waals surface area contributed by atoms with Crippen molar-refractivity contribution in [2.75, 3.05) is 18.4 Å². The molecule has 1 unspecified atom stereocenters. The molecule has 2 aromatic heterocycles. The van der Waals surface area contributed by atoms with Gasteiger partial charge in [0, 0.05) is 22.7 Å². The average Bonchev–Trinajstić information content (AvgIpc) is 3.23. The minimum absolute atomic E-state index is 0.256. The average molecular weight is 461 g/mol. The van der Waals surface area contributed by atoms with Gasteiger partial charge in [0.15, 0.2) is 17.3 Å². The van der Waals surface area contributed by atoms with E-state index in [1.807, 2.05) is 0 Å². The Bertz CT molecular complexity index is 1140. The Morgan fingerprint density at radius 2 is 1.88 bits per heavy atom. The number of benzene rings is 1. The number of halogens is 3. The number of aromatic nitrogens is 4. The number of fused-ring (bicyclic) bond motifs is 3. The van der Waals surface area contributed by atoms with Gasteiger partial charge in [0.25, 0.3) is 0 Å². The normalized spacial score (nSPS) is 18.2. The number of piperidine rings is 1. The van der Waals surface area contributed by atoms with Crippen LogP contribution in [0.1, 0.15) is 43.7 Å². The maximum Gasteiger partial charge on any atom is 0.573 e. The Kier molecular flexibility index (Phi) is 5.86. The lowest BCUT2D eigenvalue weighted by Crippen LogP contribution is -2.36. The first-order valence-corrected chi connectivity index (χ1v) is 11.5. The van der Waals surface area contributed by atoms with Crippen molar-refractivity contribution in [1.29, 1.82) is 0 Å². The Hall–Kier alpha value is -2.88. The molecule has 1 fully saturated rings. The molecule has 5 rings (SSSR count). The van der Waals surface area contributed by atoms with Gasteiger partial charge in [-0.25, -0.2) is 0 Å². The van der Waals surface area contributed by atoms with E-state index in [1.54, 1.807) is 10.6 Å². The summed E-state index contributed by atoms with van der Waals surface area (Å²) < 4.78 is 43.9. The van der Waals surface area contributed by atoms with E-state index in [9.17, 15) is 13.2 Å². The SMILES string of the molecule is CC(Nc1nn2c(-c3cccc(OC(F)(F)F)c3)nnc2c2c1CCCC2)C1CCNCC1. The van der Waals surface area contributed by atoms with Gasteiger partial charge >= 0.3 is 6.36 Å². The lowest BCUT2D eigenvalue weighted by atomic mass is 9.90. The first kappa shape index (κ1) is 21.9. The van der Waals surface area contributed by atoms with E-state index < -0.39 is 6.36 Å². The summed E-state index contributed by atoms with van der Waals surface area (Å²) in [7, 11) is 0. The summed E-state index contributed by atoms with van der Waals surface area (Å²) in [6.07, 6.45) is 1.44. The number of hydrogen-bond acceptors (Lipinski definition) is 6. The molecule has 0 bridgehead atoms. The summed E-state index contributed by atoms with van der Waals surface area (Å²) in [5, 5.41) is 20.6. The second-order valence-electron chi connectivity index (χ2n) is 8.87. The van der Waals surface area contributed by atoms with Gasteiger partial charge < -0.3 is 15.4 Å². The third-order valence-electron chi connectivity index (χ3n) is 6.65. The predicted molar refractivity (Wildman–Crippen MR) is 118 cm³/mol. The molecule has 1 atom stereocenters. The zero-order valence-corrected chi connectivity index (χ0v) is 18.5. The van der Waals surface area contributed by atoms with Crippen LogP contribution in [0.2, 0.25) is 0 Å². The van der Waals surface area contributed by atoms with Crippen molar-refractivity contribution in [1.82, 2.24) is 25.1 Å². The number of alkyl halides is 3. The maximum absolute atomic E-state index is 12.7. The van der Waals surface area contributed by atoms with Crippen molar-refractivity contribution in [3.05, 3.63) is 35.4 Å². The van der Waals surface area contributed by atoms with E-state index in [0.29, 0.717) is 23.0 Å². The van der Waals surface area contributed by atoms with Gasteiger partial charge in [-0.15, -0.1) is 28.5 Å². The van der Waals surface area contributed by atoms with Crippen molar-refractivity contribution in [2.45, 2.75) is 57.9 Å². The second-order valence-corrected chi connectivity index (χ2v) is 8.87. The first-order chi connectivity index (χ1) is 15.9. The highest BCUT2D eigenvalue weighted by molar-refractivity contribution is 5.66. The Balaban J connectivity index is 1.54. The molecule has 1 aliphatic carbocycles. The van der Waals surface area contributed by atoms with Gasteiger partial charge in [-0.2, -0.15) is 4.52 Å². The molecule has 0 radical (unpaired) electrons. The number of anilines is 1. The van der Waals surface area contributed by atoms with Crippen molar-refractivity contribution in [3.8, 4) is 17.1 Å². The van der Waals surface area contributed by atoms with Gasteiger partial charge in [0.2, 0.25) is 0 Å². The summed E-state index contributed by atoms with van der Waals surface area (Å²) in [5.74, 6) is 1.47. The number of hydrogen-bond donors (Lipinski definition) is 2. The molecule has 1 aliphatic heterocycles. The van der Waals surface area contributed by atoms with Crippen LogP contribution in [0.15, 0.2) is 24.3 Å². The highest BCUT2D eigenvalue weighted by atomic mass is 19.4. The van der Waals surface area contributed by atoms with Crippen LogP contribution in [0.3, 0.4) is 0 Å². The molecule has 2 aliphatic rings. The standard InChI is InChI=1S/C23H27F3N6O/c1-14(15-9-11-27-12-10-15)28-20-18-7-2-3-8-19(18)22-30-29-21(32(22)31-20)16-5-4-6-17(13-16)33-23(24,25)26/h4-6,13-15,27H,2-3,7-12H2,1H3,(H,28,31). The van der Waals surface area contributed by atoms with E-state index in [2.05, 4.69) is 32.5 Å². The van der Waals surface area contributed by atoms with Crippen LogP contribution < -0.4 is 15.4 Å². The van der Waals surface area contributed by atoms with Crippen molar-refractivity contribution >= 4 is 11.5 Å². The van der Waals surface area contributed by atoms with Crippen LogP contribution in [0, 0.1) is 5.92 Å². The van der Waals surface area contributed by atoms with Gasteiger partial charge in [-0.1, -0.05) is 12.1 Å². The molecule has 2 N–H and O–H groups in total. The fraction of sp³-hybridized carbons (Fsp3) is 0.522. The quantitative estimate of drug-likeness (QED) is 0.589. The van der Waals surface area contributed by atoms with Crippen LogP contribution in [0.25, 0.3) is 17.0 Å². The van der Waals surface area contributed by atoms with Crippen LogP contribution in [0.4, 0.5) is 19.0 Å². The molecular formula is C23H27F3N6O. The topological polar surface area (TPSA) is 76.4 Å². The number of nitrogens with one attached hydrogen (secondary N) is 2. The Morgan fingerprint density at radius 1 is 1.12 bits per heavy atom.